The van der Waals surface area contributed by atoms with Crippen molar-refractivity contribution in [3.8, 4) is 11.3 Å². The largest absolute Gasteiger partial charge is 0.481 e. The van der Waals surface area contributed by atoms with Gasteiger partial charge in [0.15, 0.2) is 5.78 Å². The molecular weight excluding hydrogens is 433 g/mol. The molecule has 0 spiro atoms. The summed E-state index contributed by atoms with van der Waals surface area (Å²) in [5.74, 6) is -4.99. The highest BCUT2D eigenvalue weighted by molar-refractivity contribution is 6.21. The second-order valence-electron chi connectivity index (χ2n) is 8.18. The number of rotatable bonds is 5. The number of hydrogen-bond donors (Lipinski definition) is 1. The number of benzene rings is 1. The van der Waals surface area contributed by atoms with Gasteiger partial charge in [-0.2, -0.15) is 0 Å². The van der Waals surface area contributed by atoms with Crippen molar-refractivity contribution >= 4 is 29.6 Å². The Hall–Kier alpha value is -3.82. The summed E-state index contributed by atoms with van der Waals surface area (Å²) in [5, 5.41) is 9.28. The third-order valence-electron chi connectivity index (χ3n) is 6.17. The second kappa shape index (κ2) is 8.27. The highest BCUT2D eigenvalue weighted by atomic mass is 19.1. The molecule has 1 N–H and O–H groups in total. The van der Waals surface area contributed by atoms with Crippen LogP contribution in [0.5, 0.6) is 0 Å². The number of fused-ring (bicyclic) bond motifs is 1. The summed E-state index contributed by atoms with van der Waals surface area (Å²) < 4.78 is 15.8. The van der Waals surface area contributed by atoms with Crippen LogP contribution >= 0.6 is 0 Å². The van der Waals surface area contributed by atoms with Gasteiger partial charge in [0.1, 0.15) is 11.7 Å². The highest BCUT2D eigenvalue weighted by Gasteiger charge is 2.48. The lowest BCUT2D eigenvalue weighted by molar-refractivity contribution is -0.143. The number of aromatic nitrogens is 1. The number of carboxylic acids is 1. The third kappa shape index (κ3) is 3.61. The van der Waals surface area contributed by atoms with Gasteiger partial charge in [-0.05, 0) is 25.0 Å². The average molecular weight is 455 g/mol. The van der Waals surface area contributed by atoms with E-state index in [1.165, 1.54) is 32.3 Å². The van der Waals surface area contributed by atoms with Gasteiger partial charge in [0, 0.05) is 49.4 Å². The van der Waals surface area contributed by atoms with Gasteiger partial charge in [0.05, 0.1) is 12.1 Å². The molecule has 4 amide bonds. The van der Waals surface area contributed by atoms with Crippen molar-refractivity contribution in [2.45, 2.75) is 38.1 Å². The summed E-state index contributed by atoms with van der Waals surface area (Å²) in [6.45, 7) is -0.0312. The SMILES string of the molecule is CN1C(=O)C(c2c3c(n(CCC(=O)O)c2-c2cccc(F)c2)CCCC3=O)C(=O)N(C)C1=O. The Bertz CT molecular complexity index is 1190. The Morgan fingerprint density at radius 2 is 1.76 bits per heavy atom. The van der Waals surface area contributed by atoms with Crippen LogP contribution in [0.4, 0.5) is 9.18 Å². The van der Waals surface area contributed by atoms with E-state index in [0.717, 1.165) is 9.80 Å². The first-order valence-electron chi connectivity index (χ1n) is 10.5. The van der Waals surface area contributed by atoms with E-state index in [2.05, 4.69) is 0 Å². The van der Waals surface area contributed by atoms with Gasteiger partial charge >= 0.3 is 12.0 Å². The summed E-state index contributed by atoms with van der Waals surface area (Å²) >= 11 is 0. The van der Waals surface area contributed by atoms with Gasteiger partial charge in [-0.1, -0.05) is 12.1 Å². The van der Waals surface area contributed by atoms with Gasteiger partial charge in [-0.25, -0.2) is 9.18 Å². The topological polar surface area (TPSA) is 117 Å². The van der Waals surface area contributed by atoms with Crippen molar-refractivity contribution in [3.05, 3.63) is 46.9 Å². The molecule has 2 heterocycles. The quantitative estimate of drug-likeness (QED) is 0.692. The molecule has 1 aliphatic carbocycles. The van der Waals surface area contributed by atoms with Crippen LogP contribution in [0.25, 0.3) is 11.3 Å². The molecule has 10 heteroatoms. The predicted octanol–water partition coefficient (Wildman–Crippen LogP) is 2.42. The maximum Gasteiger partial charge on any atom is 0.332 e. The predicted molar refractivity (Wildman–Crippen MR) is 113 cm³/mol. The standard InChI is InChI=1S/C23H22FN3O6/c1-25-21(31)19(22(32)26(2)23(25)33)18-17-14(7-4-8-15(17)28)27(10-9-16(29)30)20(18)12-5-3-6-13(24)11-12/h3,5-6,11,19H,4,7-10H2,1-2H3,(H,29,30). The van der Waals surface area contributed by atoms with Crippen LogP contribution in [0.2, 0.25) is 0 Å². The number of carbonyl (C=O) groups is 5. The fraction of sp³-hybridized carbons (Fsp3) is 0.348. The summed E-state index contributed by atoms with van der Waals surface area (Å²) in [4.78, 5) is 64.7. The van der Waals surface area contributed by atoms with Gasteiger partial charge in [-0.3, -0.25) is 29.0 Å². The number of amides is 4. The normalized spacial score (nSPS) is 17.1. The van der Waals surface area contributed by atoms with E-state index in [1.54, 1.807) is 10.6 Å². The van der Waals surface area contributed by atoms with Crippen molar-refractivity contribution < 1.29 is 33.5 Å². The Morgan fingerprint density at radius 1 is 1.09 bits per heavy atom. The van der Waals surface area contributed by atoms with E-state index in [9.17, 15) is 33.5 Å². The molecule has 0 saturated carbocycles. The Balaban J connectivity index is 2.06. The Kier molecular flexibility index (Phi) is 5.61. The first-order valence-corrected chi connectivity index (χ1v) is 10.5. The number of likely N-dealkylation sites (N-methyl/N-ethyl adjacent to an activating group) is 2. The Labute approximate surface area is 188 Å². The number of carbonyl (C=O) groups excluding carboxylic acids is 4. The molecule has 4 rings (SSSR count). The van der Waals surface area contributed by atoms with Crippen LogP contribution in [-0.2, 0) is 27.3 Å². The molecular formula is C23H22FN3O6. The summed E-state index contributed by atoms with van der Waals surface area (Å²) in [5.41, 5.74) is 1.37. The molecule has 2 aromatic rings. The number of urea groups is 1. The summed E-state index contributed by atoms with van der Waals surface area (Å²) in [7, 11) is 2.50. The number of nitrogens with zero attached hydrogens (tertiary/aromatic N) is 3. The zero-order chi connectivity index (χ0) is 24.0. The number of aliphatic carboxylic acids is 1. The first-order chi connectivity index (χ1) is 15.6. The van der Waals surface area contributed by atoms with E-state index in [0.29, 0.717) is 24.1 Å². The van der Waals surface area contributed by atoms with Crippen LogP contribution in [-0.4, -0.2) is 63.2 Å². The van der Waals surface area contributed by atoms with Gasteiger partial charge < -0.3 is 9.67 Å². The van der Waals surface area contributed by atoms with Gasteiger partial charge in [0.25, 0.3) is 0 Å². The zero-order valence-electron chi connectivity index (χ0n) is 18.1. The minimum absolute atomic E-state index is 0.0312. The number of barbiturate groups is 1. The van der Waals surface area contributed by atoms with Crippen molar-refractivity contribution in [1.29, 1.82) is 0 Å². The van der Waals surface area contributed by atoms with Crippen LogP contribution in [0.3, 0.4) is 0 Å². The van der Waals surface area contributed by atoms with Crippen molar-refractivity contribution in [2.75, 3.05) is 14.1 Å². The molecule has 9 nitrogen and oxygen atoms in total. The maximum atomic E-state index is 14.2. The minimum atomic E-state index is -1.49. The van der Waals surface area contributed by atoms with Crippen LogP contribution in [0.1, 0.15) is 46.8 Å². The molecule has 1 aromatic carbocycles. The number of hydrogen-bond acceptors (Lipinski definition) is 5. The molecule has 1 aromatic heterocycles. The highest BCUT2D eigenvalue weighted by Crippen LogP contribution is 2.42. The molecule has 1 saturated heterocycles. The van der Waals surface area contributed by atoms with Gasteiger partial charge in [0.2, 0.25) is 11.8 Å². The first kappa shape index (κ1) is 22.4. The van der Waals surface area contributed by atoms with Crippen molar-refractivity contribution in [3.63, 3.8) is 0 Å². The number of carboxylic acid groups (broad SMARTS) is 1. The van der Waals surface area contributed by atoms with Crippen molar-refractivity contribution in [1.82, 2.24) is 14.4 Å². The van der Waals surface area contributed by atoms with E-state index < -0.39 is 35.5 Å². The molecule has 1 aliphatic heterocycles. The van der Waals surface area contributed by atoms with Crippen LogP contribution in [0, 0.1) is 5.82 Å². The molecule has 1 fully saturated rings. The second-order valence-corrected chi connectivity index (χ2v) is 8.18. The fourth-order valence-corrected chi connectivity index (χ4v) is 4.64. The third-order valence-corrected chi connectivity index (χ3v) is 6.17. The monoisotopic (exact) mass is 455 g/mol. The van der Waals surface area contributed by atoms with Crippen LogP contribution in [0.15, 0.2) is 24.3 Å². The smallest absolute Gasteiger partial charge is 0.332 e. The Morgan fingerprint density at radius 3 is 2.36 bits per heavy atom. The lowest BCUT2D eigenvalue weighted by atomic mass is 9.84. The summed E-state index contributed by atoms with van der Waals surface area (Å²) in [6.07, 6.45) is 0.881. The number of Topliss-reactive ketones (excluding diaryl/α,β-unsaturated/α-hetero) is 1. The molecule has 172 valence electrons. The van der Waals surface area contributed by atoms with Gasteiger partial charge in [-0.15, -0.1) is 0 Å². The number of halogens is 1. The molecule has 33 heavy (non-hydrogen) atoms. The maximum absolute atomic E-state index is 14.2. The number of ketones is 1. The average Bonchev–Trinajstić information content (AvgIpc) is 3.10. The van der Waals surface area contributed by atoms with E-state index in [1.807, 2.05) is 0 Å². The minimum Gasteiger partial charge on any atom is -0.481 e. The van der Waals surface area contributed by atoms with E-state index >= 15 is 0 Å². The van der Waals surface area contributed by atoms with Crippen LogP contribution < -0.4 is 0 Å². The molecule has 2 aliphatic rings. The lowest BCUT2D eigenvalue weighted by Gasteiger charge is -2.33. The van der Waals surface area contributed by atoms with E-state index in [-0.39, 0.29) is 42.0 Å². The van der Waals surface area contributed by atoms with E-state index in [4.69, 9.17) is 0 Å². The summed E-state index contributed by atoms with van der Waals surface area (Å²) in [6, 6.07) is 4.68. The molecule has 0 atom stereocenters. The zero-order valence-corrected chi connectivity index (χ0v) is 18.1. The molecule has 0 radical (unpaired) electrons. The fourth-order valence-electron chi connectivity index (χ4n) is 4.64. The molecule has 0 unspecified atom stereocenters. The van der Waals surface area contributed by atoms with Crippen molar-refractivity contribution in [2.24, 2.45) is 0 Å². The molecule has 0 bridgehead atoms. The lowest BCUT2D eigenvalue weighted by Crippen LogP contribution is -2.56. The number of imide groups is 2.